The van der Waals surface area contributed by atoms with Crippen LogP contribution in [0.25, 0.3) is 0 Å². The summed E-state index contributed by atoms with van der Waals surface area (Å²) in [6.07, 6.45) is 4.05. The molecule has 106 valence electrons. The van der Waals surface area contributed by atoms with Crippen molar-refractivity contribution in [1.82, 2.24) is 15.1 Å². The van der Waals surface area contributed by atoms with Crippen LogP contribution in [0.1, 0.15) is 40.0 Å². The van der Waals surface area contributed by atoms with Crippen LogP contribution in [0.5, 0.6) is 0 Å². The Hall–Kier alpha value is -0.120. The monoisotopic (exact) mass is 253 g/mol. The summed E-state index contributed by atoms with van der Waals surface area (Å²) in [5, 5.41) is 3.51. The zero-order valence-corrected chi connectivity index (χ0v) is 12.8. The predicted molar refractivity (Wildman–Crippen MR) is 78.0 cm³/mol. The van der Waals surface area contributed by atoms with E-state index >= 15 is 0 Å². The minimum atomic E-state index is 0.333. The van der Waals surface area contributed by atoms with Crippen molar-refractivity contribution in [3.8, 4) is 0 Å². The highest BCUT2D eigenvalue weighted by atomic mass is 15.3. The van der Waals surface area contributed by atoms with Crippen LogP contribution in [0.3, 0.4) is 0 Å². The molecule has 3 heteroatoms. The van der Waals surface area contributed by atoms with E-state index < -0.39 is 0 Å². The number of nitrogens with one attached hydrogen (secondary N) is 1. The zero-order chi connectivity index (χ0) is 13.2. The molecule has 2 saturated heterocycles. The van der Waals surface area contributed by atoms with Gasteiger partial charge in [-0.05, 0) is 58.7 Å². The van der Waals surface area contributed by atoms with Gasteiger partial charge in [-0.2, -0.15) is 0 Å². The fourth-order valence-electron chi connectivity index (χ4n) is 3.53. The van der Waals surface area contributed by atoms with Crippen LogP contribution in [0.15, 0.2) is 0 Å². The third kappa shape index (κ3) is 3.06. The zero-order valence-electron chi connectivity index (χ0n) is 12.8. The number of hydrogen-bond acceptors (Lipinski definition) is 3. The van der Waals surface area contributed by atoms with E-state index in [4.69, 9.17) is 0 Å². The molecular weight excluding hydrogens is 222 g/mol. The van der Waals surface area contributed by atoms with Gasteiger partial charge in [-0.15, -0.1) is 0 Å². The van der Waals surface area contributed by atoms with E-state index in [1.165, 1.54) is 58.5 Å². The number of likely N-dealkylation sites (N-methyl/N-ethyl adjacent to an activating group) is 1. The second kappa shape index (κ2) is 5.48. The molecule has 0 amide bonds. The van der Waals surface area contributed by atoms with Crippen LogP contribution in [0, 0.1) is 5.41 Å². The number of nitrogens with zero attached hydrogens (tertiary/aromatic N) is 2. The summed E-state index contributed by atoms with van der Waals surface area (Å²) >= 11 is 0. The Morgan fingerprint density at radius 2 is 1.78 bits per heavy atom. The van der Waals surface area contributed by atoms with E-state index in [9.17, 15) is 0 Å². The molecule has 0 radical (unpaired) electrons. The lowest BCUT2D eigenvalue weighted by Gasteiger charge is -2.49. The third-order valence-electron chi connectivity index (χ3n) is 5.37. The Labute approximate surface area is 113 Å². The summed E-state index contributed by atoms with van der Waals surface area (Å²) in [7, 11) is 2.26. The molecule has 2 heterocycles. The molecule has 2 aliphatic heterocycles. The molecular formula is C15H31N3. The van der Waals surface area contributed by atoms with Gasteiger partial charge in [0.2, 0.25) is 0 Å². The van der Waals surface area contributed by atoms with Crippen LogP contribution in [-0.2, 0) is 0 Å². The molecule has 0 aromatic carbocycles. The summed E-state index contributed by atoms with van der Waals surface area (Å²) in [6, 6.07) is 0. The first-order valence-corrected chi connectivity index (χ1v) is 7.62. The van der Waals surface area contributed by atoms with Crippen molar-refractivity contribution in [2.75, 3.05) is 46.3 Å². The summed E-state index contributed by atoms with van der Waals surface area (Å²) < 4.78 is 0. The van der Waals surface area contributed by atoms with Crippen LogP contribution < -0.4 is 5.32 Å². The molecule has 0 aromatic rings. The second-order valence-electron chi connectivity index (χ2n) is 7.05. The maximum absolute atomic E-state index is 3.51. The Bertz CT molecular complexity index is 269. The largest absolute Gasteiger partial charge is 0.317 e. The molecule has 0 atom stereocenters. The average Bonchev–Trinajstić information content (AvgIpc) is 2.35. The normalized spacial score (nSPS) is 29.3. The first kappa shape index (κ1) is 14.3. The Morgan fingerprint density at radius 3 is 2.33 bits per heavy atom. The third-order valence-corrected chi connectivity index (χ3v) is 5.37. The second-order valence-corrected chi connectivity index (χ2v) is 7.05. The van der Waals surface area contributed by atoms with E-state index in [0.29, 0.717) is 11.0 Å². The first-order valence-electron chi connectivity index (χ1n) is 7.62. The van der Waals surface area contributed by atoms with E-state index in [2.05, 4.69) is 42.9 Å². The number of piperazine rings is 1. The quantitative estimate of drug-likeness (QED) is 0.827. The number of rotatable bonds is 3. The molecule has 0 bridgehead atoms. The summed E-state index contributed by atoms with van der Waals surface area (Å²) in [5.41, 5.74) is 0.914. The Kier molecular flexibility index (Phi) is 4.35. The maximum atomic E-state index is 3.51. The molecule has 2 aliphatic rings. The van der Waals surface area contributed by atoms with Gasteiger partial charge in [-0.3, -0.25) is 9.80 Å². The highest BCUT2D eigenvalue weighted by molar-refractivity contribution is 4.93. The minimum absolute atomic E-state index is 0.333. The fraction of sp³-hybridized carbons (Fsp3) is 1.00. The van der Waals surface area contributed by atoms with Gasteiger partial charge in [-0.1, -0.05) is 6.92 Å². The van der Waals surface area contributed by atoms with Crippen molar-refractivity contribution in [2.24, 2.45) is 5.41 Å². The van der Waals surface area contributed by atoms with Gasteiger partial charge < -0.3 is 5.32 Å². The topological polar surface area (TPSA) is 18.5 Å². The Balaban J connectivity index is 1.96. The lowest BCUT2D eigenvalue weighted by molar-refractivity contribution is 0.00716. The number of hydrogen-bond donors (Lipinski definition) is 1. The van der Waals surface area contributed by atoms with Gasteiger partial charge in [0.25, 0.3) is 0 Å². The maximum Gasteiger partial charge on any atom is 0.0277 e. The van der Waals surface area contributed by atoms with Gasteiger partial charge in [0, 0.05) is 31.7 Å². The smallest absolute Gasteiger partial charge is 0.0277 e. The molecule has 0 unspecified atom stereocenters. The van der Waals surface area contributed by atoms with Crippen molar-refractivity contribution in [2.45, 2.75) is 45.6 Å². The van der Waals surface area contributed by atoms with Crippen LogP contribution in [0.2, 0.25) is 0 Å². The molecule has 0 aliphatic carbocycles. The van der Waals surface area contributed by atoms with Crippen molar-refractivity contribution >= 4 is 0 Å². The van der Waals surface area contributed by atoms with Crippen LogP contribution in [-0.4, -0.2) is 61.7 Å². The van der Waals surface area contributed by atoms with Gasteiger partial charge in [0.15, 0.2) is 0 Å². The molecule has 3 nitrogen and oxygen atoms in total. The van der Waals surface area contributed by atoms with Crippen molar-refractivity contribution < 1.29 is 0 Å². The molecule has 0 spiro atoms. The van der Waals surface area contributed by atoms with Gasteiger partial charge in [0.05, 0.1) is 0 Å². The summed E-state index contributed by atoms with van der Waals surface area (Å²) in [5.74, 6) is 0. The number of piperidine rings is 1. The summed E-state index contributed by atoms with van der Waals surface area (Å²) in [4.78, 5) is 5.22. The lowest BCUT2D eigenvalue weighted by atomic mass is 9.76. The van der Waals surface area contributed by atoms with Crippen LogP contribution >= 0.6 is 0 Å². The van der Waals surface area contributed by atoms with Gasteiger partial charge >= 0.3 is 0 Å². The van der Waals surface area contributed by atoms with E-state index in [1.807, 2.05) is 0 Å². The van der Waals surface area contributed by atoms with Crippen molar-refractivity contribution in [1.29, 1.82) is 0 Å². The van der Waals surface area contributed by atoms with Crippen molar-refractivity contribution in [3.63, 3.8) is 0 Å². The van der Waals surface area contributed by atoms with Gasteiger partial charge in [-0.25, -0.2) is 0 Å². The standard InChI is InChI=1S/C15H31N3/c1-5-15(6-8-16-9-7-15)13-18-11-10-17(4)14(2,3)12-18/h16H,5-13H2,1-4H3. The van der Waals surface area contributed by atoms with Crippen molar-refractivity contribution in [3.05, 3.63) is 0 Å². The SMILES string of the molecule is CCC1(CN2CCN(C)C(C)(C)C2)CCNCC1. The van der Waals surface area contributed by atoms with Gasteiger partial charge in [0.1, 0.15) is 0 Å². The van der Waals surface area contributed by atoms with E-state index in [-0.39, 0.29) is 0 Å². The fourth-order valence-corrected chi connectivity index (χ4v) is 3.53. The summed E-state index contributed by atoms with van der Waals surface area (Å²) in [6.45, 7) is 14.5. The molecule has 0 saturated carbocycles. The predicted octanol–water partition coefficient (Wildman–Crippen LogP) is 1.79. The highest BCUT2D eigenvalue weighted by Gasteiger charge is 2.36. The van der Waals surface area contributed by atoms with Crippen LogP contribution in [0.4, 0.5) is 0 Å². The molecule has 0 aromatic heterocycles. The molecule has 1 N–H and O–H groups in total. The molecule has 18 heavy (non-hydrogen) atoms. The minimum Gasteiger partial charge on any atom is -0.317 e. The molecule has 2 fully saturated rings. The average molecular weight is 253 g/mol. The van der Waals surface area contributed by atoms with E-state index in [0.717, 1.165) is 0 Å². The Morgan fingerprint density at radius 1 is 1.11 bits per heavy atom. The lowest BCUT2D eigenvalue weighted by Crippen LogP contribution is -2.59. The highest BCUT2D eigenvalue weighted by Crippen LogP contribution is 2.34. The molecule has 2 rings (SSSR count). The first-order chi connectivity index (χ1) is 8.47. The van der Waals surface area contributed by atoms with E-state index in [1.54, 1.807) is 0 Å².